The largest absolute Gasteiger partial charge is 0.467 e. The SMILES string of the molecule is Cc1sc2ncnc(OCC(=O)NC(C)c3ccc(Br)cc3)c2c1C. The fourth-order valence-electron chi connectivity index (χ4n) is 2.51. The number of hydrogen-bond donors (Lipinski definition) is 1. The number of carbonyl (C=O) groups is 1. The van der Waals surface area contributed by atoms with Crippen LogP contribution in [0.25, 0.3) is 10.2 Å². The molecule has 25 heavy (non-hydrogen) atoms. The quantitative estimate of drug-likeness (QED) is 0.668. The minimum absolute atomic E-state index is 0.0820. The fraction of sp³-hybridized carbons (Fsp3) is 0.278. The molecule has 1 unspecified atom stereocenters. The maximum atomic E-state index is 12.2. The highest BCUT2D eigenvalue weighted by atomic mass is 79.9. The lowest BCUT2D eigenvalue weighted by atomic mass is 10.1. The Hall–Kier alpha value is -1.99. The van der Waals surface area contributed by atoms with Crippen molar-refractivity contribution >= 4 is 43.4 Å². The Morgan fingerprint density at radius 1 is 1.28 bits per heavy atom. The van der Waals surface area contributed by atoms with E-state index in [2.05, 4.69) is 31.2 Å². The number of aryl methyl sites for hydroxylation is 2. The molecule has 0 aliphatic rings. The first kappa shape index (κ1) is 17.8. The molecule has 0 radical (unpaired) electrons. The molecule has 1 amide bonds. The number of rotatable bonds is 5. The third-order valence-electron chi connectivity index (χ3n) is 4.02. The molecule has 0 aliphatic carbocycles. The molecular weight excluding hydrogens is 402 g/mol. The molecule has 1 aromatic carbocycles. The van der Waals surface area contributed by atoms with Crippen LogP contribution in [0.4, 0.5) is 0 Å². The van der Waals surface area contributed by atoms with Gasteiger partial charge in [0.1, 0.15) is 11.2 Å². The van der Waals surface area contributed by atoms with Crippen LogP contribution in [0.5, 0.6) is 5.88 Å². The molecule has 7 heteroatoms. The predicted octanol–water partition coefficient (Wildman–Crippen LogP) is 4.33. The number of nitrogens with zero attached hydrogens (tertiary/aromatic N) is 2. The zero-order chi connectivity index (χ0) is 18.0. The number of hydrogen-bond acceptors (Lipinski definition) is 5. The van der Waals surface area contributed by atoms with Gasteiger partial charge in [-0.1, -0.05) is 28.1 Å². The standard InChI is InChI=1S/C18H18BrN3O2S/c1-10-12(3)25-18-16(10)17(20-9-21-18)24-8-15(23)22-11(2)13-4-6-14(19)7-5-13/h4-7,9,11H,8H2,1-3H3,(H,22,23). The number of ether oxygens (including phenoxy) is 1. The van der Waals surface area contributed by atoms with E-state index in [1.165, 1.54) is 11.2 Å². The van der Waals surface area contributed by atoms with Gasteiger partial charge in [0.15, 0.2) is 6.61 Å². The molecule has 1 N–H and O–H groups in total. The minimum atomic E-state index is -0.188. The minimum Gasteiger partial charge on any atom is -0.467 e. The summed E-state index contributed by atoms with van der Waals surface area (Å²) in [6.45, 7) is 5.91. The number of amides is 1. The first-order valence-electron chi connectivity index (χ1n) is 7.84. The van der Waals surface area contributed by atoms with Gasteiger partial charge in [0.05, 0.1) is 11.4 Å². The van der Waals surface area contributed by atoms with Crippen molar-refractivity contribution in [3.63, 3.8) is 0 Å². The van der Waals surface area contributed by atoms with E-state index in [0.717, 1.165) is 25.8 Å². The monoisotopic (exact) mass is 419 g/mol. The van der Waals surface area contributed by atoms with Gasteiger partial charge in [-0.15, -0.1) is 11.3 Å². The van der Waals surface area contributed by atoms with Crippen molar-refractivity contribution in [1.29, 1.82) is 0 Å². The van der Waals surface area contributed by atoms with Gasteiger partial charge < -0.3 is 10.1 Å². The first-order chi connectivity index (χ1) is 12.0. The van der Waals surface area contributed by atoms with Crippen molar-refractivity contribution in [3.05, 3.63) is 51.1 Å². The Morgan fingerprint density at radius 2 is 2.00 bits per heavy atom. The first-order valence-corrected chi connectivity index (χ1v) is 9.45. The maximum absolute atomic E-state index is 12.2. The van der Waals surface area contributed by atoms with Crippen molar-refractivity contribution in [2.24, 2.45) is 0 Å². The maximum Gasteiger partial charge on any atom is 0.258 e. The number of fused-ring (bicyclic) bond motifs is 1. The molecule has 130 valence electrons. The van der Waals surface area contributed by atoms with Gasteiger partial charge in [0.2, 0.25) is 5.88 Å². The summed E-state index contributed by atoms with van der Waals surface area (Å²) in [7, 11) is 0. The van der Waals surface area contributed by atoms with E-state index >= 15 is 0 Å². The smallest absolute Gasteiger partial charge is 0.258 e. The summed E-state index contributed by atoms with van der Waals surface area (Å²) in [6, 6.07) is 7.75. The van der Waals surface area contributed by atoms with E-state index in [4.69, 9.17) is 4.74 Å². The van der Waals surface area contributed by atoms with Crippen LogP contribution >= 0.6 is 27.3 Å². The van der Waals surface area contributed by atoms with E-state index in [1.807, 2.05) is 45.0 Å². The fourth-order valence-corrected chi connectivity index (χ4v) is 3.76. The van der Waals surface area contributed by atoms with Crippen molar-refractivity contribution in [2.45, 2.75) is 26.8 Å². The lowest BCUT2D eigenvalue weighted by molar-refractivity contribution is -0.123. The Kier molecular flexibility index (Phi) is 5.34. The van der Waals surface area contributed by atoms with E-state index < -0.39 is 0 Å². The van der Waals surface area contributed by atoms with E-state index in [0.29, 0.717) is 5.88 Å². The highest BCUT2D eigenvalue weighted by Gasteiger charge is 2.15. The summed E-state index contributed by atoms with van der Waals surface area (Å²) in [6.07, 6.45) is 1.47. The lowest BCUT2D eigenvalue weighted by Crippen LogP contribution is -2.31. The summed E-state index contributed by atoms with van der Waals surface area (Å²) in [4.78, 5) is 22.7. The van der Waals surface area contributed by atoms with Gasteiger partial charge in [0.25, 0.3) is 5.91 Å². The molecule has 5 nitrogen and oxygen atoms in total. The van der Waals surface area contributed by atoms with Crippen LogP contribution in [0.3, 0.4) is 0 Å². The molecule has 2 heterocycles. The van der Waals surface area contributed by atoms with E-state index in [-0.39, 0.29) is 18.6 Å². The summed E-state index contributed by atoms with van der Waals surface area (Å²) >= 11 is 5.01. The number of benzene rings is 1. The summed E-state index contributed by atoms with van der Waals surface area (Å²) in [5.74, 6) is 0.269. The van der Waals surface area contributed by atoms with Gasteiger partial charge in [0, 0.05) is 9.35 Å². The van der Waals surface area contributed by atoms with Gasteiger partial charge in [-0.05, 0) is 44.0 Å². The molecule has 1 atom stereocenters. The number of halogens is 1. The molecule has 2 aromatic heterocycles. The van der Waals surface area contributed by atoms with E-state index in [1.54, 1.807) is 11.3 Å². The molecule has 3 rings (SSSR count). The van der Waals surface area contributed by atoms with Crippen LogP contribution in [-0.4, -0.2) is 22.5 Å². The number of aromatic nitrogens is 2. The molecule has 3 aromatic rings. The molecule has 0 bridgehead atoms. The van der Waals surface area contributed by atoms with Crippen molar-refractivity contribution in [3.8, 4) is 5.88 Å². The molecule has 0 aliphatic heterocycles. The van der Waals surface area contributed by atoms with Crippen LogP contribution in [0.2, 0.25) is 0 Å². The Morgan fingerprint density at radius 3 is 2.72 bits per heavy atom. The summed E-state index contributed by atoms with van der Waals surface area (Å²) in [5, 5.41) is 3.82. The Bertz CT molecular complexity index is 909. The molecule has 0 fully saturated rings. The van der Waals surface area contributed by atoms with Crippen LogP contribution in [-0.2, 0) is 4.79 Å². The number of thiophene rings is 1. The van der Waals surface area contributed by atoms with Crippen LogP contribution in [0, 0.1) is 13.8 Å². The topological polar surface area (TPSA) is 64.1 Å². The second-order valence-electron chi connectivity index (χ2n) is 5.77. The molecule has 0 spiro atoms. The third-order valence-corrected chi connectivity index (χ3v) is 5.66. The lowest BCUT2D eigenvalue weighted by Gasteiger charge is -2.15. The zero-order valence-electron chi connectivity index (χ0n) is 14.2. The molecule has 0 saturated carbocycles. The van der Waals surface area contributed by atoms with Crippen molar-refractivity contribution < 1.29 is 9.53 Å². The number of carbonyl (C=O) groups excluding carboxylic acids is 1. The average Bonchev–Trinajstić information content (AvgIpc) is 2.88. The van der Waals surface area contributed by atoms with E-state index in [9.17, 15) is 4.79 Å². The van der Waals surface area contributed by atoms with Gasteiger partial charge in [-0.25, -0.2) is 9.97 Å². The third kappa shape index (κ3) is 3.99. The summed E-state index contributed by atoms with van der Waals surface area (Å²) < 4.78 is 6.67. The van der Waals surface area contributed by atoms with Crippen LogP contribution in [0.1, 0.15) is 29.0 Å². The predicted molar refractivity (Wildman–Crippen MR) is 103 cm³/mol. The van der Waals surface area contributed by atoms with Crippen molar-refractivity contribution in [2.75, 3.05) is 6.61 Å². The highest BCUT2D eigenvalue weighted by molar-refractivity contribution is 9.10. The number of nitrogens with one attached hydrogen (secondary N) is 1. The Balaban J connectivity index is 1.65. The normalized spacial score (nSPS) is 12.2. The van der Waals surface area contributed by atoms with Gasteiger partial charge in [-0.2, -0.15) is 0 Å². The molecular formula is C18H18BrN3O2S. The molecule has 0 saturated heterocycles. The van der Waals surface area contributed by atoms with Crippen LogP contribution in [0.15, 0.2) is 35.1 Å². The second-order valence-corrected chi connectivity index (χ2v) is 7.89. The van der Waals surface area contributed by atoms with Gasteiger partial charge >= 0.3 is 0 Å². The summed E-state index contributed by atoms with van der Waals surface area (Å²) in [5.41, 5.74) is 2.13. The van der Waals surface area contributed by atoms with Crippen LogP contribution < -0.4 is 10.1 Å². The Labute approximate surface area is 158 Å². The zero-order valence-corrected chi connectivity index (χ0v) is 16.6. The van der Waals surface area contributed by atoms with Gasteiger partial charge in [-0.3, -0.25) is 4.79 Å². The highest BCUT2D eigenvalue weighted by Crippen LogP contribution is 2.33. The second kappa shape index (κ2) is 7.49. The average molecular weight is 420 g/mol. The van der Waals surface area contributed by atoms with Crippen molar-refractivity contribution in [1.82, 2.24) is 15.3 Å².